The van der Waals surface area contributed by atoms with E-state index in [1.54, 1.807) is 13.8 Å². The number of hydrogen-bond donors (Lipinski definition) is 0. The fraction of sp³-hybridized carbons (Fsp3) is 0.600. The van der Waals surface area contributed by atoms with Gasteiger partial charge in [-0.25, -0.2) is 4.39 Å². The number of halogens is 2. The van der Waals surface area contributed by atoms with Crippen molar-refractivity contribution in [2.75, 3.05) is 6.67 Å². The Hall–Kier alpha value is -0.0400. The van der Waals surface area contributed by atoms with Crippen molar-refractivity contribution >= 4 is 11.6 Å². The van der Waals surface area contributed by atoms with Crippen molar-refractivity contribution < 1.29 is 4.39 Å². The molecule has 0 amide bonds. The molecule has 0 saturated heterocycles. The van der Waals surface area contributed by atoms with Crippen molar-refractivity contribution in [1.82, 2.24) is 0 Å². The monoisotopic (exact) mass is 122 g/mol. The van der Waals surface area contributed by atoms with E-state index in [1.807, 2.05) is 0 Å². The van der Waals surface area contributed by atoms with Crippen molar-refractivity contribution in [3.05, 3.63) is 10.6 Å². The van der Waals surface area contributed by atoms with Crippen LogP contribution < -0.4 is 0 Å². The lowest BCUT2D eigenvalue weighted by molar-refractivity contribution is 0.542. The predicted molar refractivity (Wildman–Crippen MR) is 30.2 cm³/mol. The van der Waals surface area contributed by atoms with E-state index in [2.05, 4.69) is 0 Å². The summed E-state index contributed by atoms with van der Waals surface area (Å²) in [4.78, 5) is 0. The van der Waals surface area contributed by atoms with Gasteiger partial charge in [0.15, 0.2) is 0 Å². The van der Waals surface area contributed by atoms with E-state index in [9.17, 15) is 4.39 Å². The first-order valence-corrected chi connectivity index (χ1v) is 2.44. The van der Waals surface area contributed by atoms with E-state index < -0.39 is 6.67 Å². The highest BCUT2D eigenvalue weighted by atomic mass is 35.5. The summed E-state index contributed by atoms with van der Waals surface area (Å²) in [5, 5.41) is 0.558. The third kappa shape index (κ3) is 2.63. The van der Waals surface area contributed by atoms with Gasteiger partial charge in [-0.15, -0.1) is 0 Å². The zero-order chi connectivity index (χ0) is 5.86. The maximum Gasteiger partial charge on any atom is 0.112 e. The average Bonchev–Trinajstić information content (AvgIpc) is 1.65. The molecule has 0 aromatic carbocycles. The van der Waals surface area contributed by atoms with Crippen LogP contribution in [0.3, 0.4) is 0 Å². The first-order chi connectivity index (χ1) is 3.18. The Labute approximate surface area is 48.0 Å². The Balaban J connectivity index is 3.72. The second-order valence-corrected chi connectivity index (χ2v) is 2.01. The van der Waals surface area contributed by atoms with Crippen LogP contribution in [0.4, 0.5) is 4.39 Å². The van der Waals surface area contributed by atoms with Gasteiger partial charge in [0.2, 0.25) is 0 Å². The summed E-state index contributed by atoms with van der Waals surface area (Å²) in [5.74, 6) is 0. The van der Waals surface area contributed by atoms with Crippen LogP contribution in [0.5, 0.6) is 0 Å². The Morgan fingerprint density at radius 2 is 2.00 bits per heavy atom. The molecule has 42 valence electrons. The largest absolute Gasteiger partial charge is 0.246 e. The molecule has 2 heteroatoms. The topological polar surface area (TPSA) is 0 Å². The molecule has 0 aromatic rings. The minimum absolute atomic E-state index is 0.435. The lowest BCUT2D eigenvalue weighted by Crippen LogP contribution is -1.77. The van der Waals surface area contributed by atoms with Crippen molar-refractivity contribution in [3.63, 3.8) is 0 Å². The van der Waals surface area contributed by atoms with Crippen molar-refractivity contribution in [2.45, 2.75) is 13.8 Å². The molecule has 0 aliphatic rings. The van der Waals surface area contributed by atoms with Crippen LogP contribution >= 0.6 is 11.6 Å². The molecule has 7 heavy (non-hydrogen) atoms. The zero-order valence-electron chi connectivity index (χ0n) is 4.46. The Kier molecular flexibility index (Phi) is 3.01. The van der Waals surface area contributed by atoms with Gasteiger partial charge >= 0.3 is 0 Å². The molecular formula is C5H8ClF. The van der Waals surface area contributed by atoms with E-state index in [0.29, 0.717) is 10.6 Å². The van der Waals surface area contributed by atoms with Crippen LogP contribution in [0.25, 0.3) is 0 Å². The predicted octanol–water partition coefficient (Wildman–Crippen LogP) is 2.49. The Morgan fingerprint density at radius 3 is 2.00 bits per heavy atom. The van der Waals surface area contributed by atoms with Gasteiger partial charge in [-0.05, 0) is 19.4 Å². The molecule has 0 N–H and O–H groups in total. The molecule has 0 saturated carbocycles. The lowest BCUT2D eigenvalue weighted by Gasteiger charge is -1.89. The number of rotatable bonds is 1. The van der Waals surface area contributed by atoms with Crippen molar-refractivity contribution in [2.24, 2.45) is 0 Å². The van der Waals surface area contributed by atoms with Gasteiger partial charge in [0.1, 0.15) is 6.67 Å². The second kappa shape index (κ2) is 3.03. The summed E-state index contributed by atoms with van der Waals surface area (Å²) < 4.78 is 11.5. The highest BCUT2D eigenvalue weighted by molar-refractivity contribution is 6.29. The van der Waals surface area contributed by atoms with Crippen molar-refractivity contribution in [3.8, 4) is 0 Å². The molecule has 0 unspecified atom stereocenters. The van der Waals surface area contributed by atoms with Gasteiger partial charge in [-0.3, -0.25) is 0 Å². The summed E-state index contributed by atoms with van der Waals surface area (Å²) in [6, 6.07) is 0. The molecule has 0 atom stereocenters. The molecule has 0 rings (SSSR count). The summed E-state index contributed by atoms with van der Waals surface area (Å²) >= 11 is 5.37. The summed E-state index contributed by atoms with van der Waals surface area (Å²) in [6.07, 6.45) is 0. The number of allylic oxidation sites excluding steroid dienone is 2. The van der Waals surface area contributed by atoms with E-state index in [-0.39, 0.29) is 0 Å². The average molecular weight is 123 g/mol. The SMILES string of the molecule is C/C(Cl)=C(/C)CF. The molecule has 0 radical (unpaired) electrons. The molecule has 0 aliphatic heterocycles. The van der Waals surface area contributed by atoms with Crippen LogP contribution in [0.15, 0.2) is 10.6 Å². The van der Waals surface area contributed by atoms with Gasteiger partial charge in [-0.1, -0.05) is 11.6 Å². The first-order valence-electron chi connectivity index (χ1n) is 2.06. The quantitative estimate of drug-likeness (QED) is 0.501. The van der Waals surface area contributed by atoms with Gasteiger partial charge in [0.05, 0.1) is 0 Å². The van der Waals surface area contributed by atoms with Crippen molar-refractivity contribution in [1.29, 1.82) is 0 Å². The third-order valence-electron chi connectivity index (χ3n) is 0.789. The Bertz CT molecular complexity index is 82.1. The minimum atomic E-state index is -0.435. The highest BCUT2D eigenvalue weighted by Gasteiger charge is 1.88. The standard InChI is InChI=1S/C5H8ClF/c1-4(3-7)5(2)6/h3H2,1-2H3/b5-4+. The molecule has 0 spiro atoms. The molecule has 0 nitrogen and oxygen atoms in total. The molecule has 0 aromatic heterocycles. The normalized spacial score (nSPS) is 13.7. The number of alkyl halides is 1. The maximum absolute atomic E-state index is 11.5. The molecule has 0 fully saturated rings. The highest BCUT2D eigenvalue weighted by Crippen LogP contribution is 2.06. The van der Waals surface area contributed by atoms with Crippen LogP contribution in [0, 0.1) is 0 Å². The lowest BCUT2D eigenvalue weighted by atomic mass is 10.3. The third-order valence-corrected chi connectivity index (χ3v) is 1.11. The van der Waals surface area contributed by atoms with E-state index in [1.165, 1.54) is 0 Å². The van der Waals surface area contributed by atoms with Gasteiger partial charge in [-0.2, -0.15) is 0 Å². The minimum Gasteiger partial charge on any atom is -0.246 e. The fourth-order valence-corrected chi connectivity index (χ4v) is 0.143. The first kappa shape index (κ1) is 6.96. The van der Waals surface area contributed by atoms with Crippen LogP contribution in [-0.4, -0.2) is 6.67 Å². The molecule has 0 aliphatic carbocycles. The van der Waals surface area contributed by atoms with Gasteiger partial charge < -0.3 is 0 Å². The smallest absolute Gasteiger partial charge is 0.112 e. The number of hydrogen-bond acceptors (Lipinski definition) is 0. The van der Waals surface area contributed by atoms with E-state index in [0.717, 1.165) is 0 Å². The molecular weight excluding hydrogens is 115 g/mol. The van der Waals surface area contributed by atoms with Crippen LogP contribution in [0.1, 0.15) is 13.8 Å². The molecule has 0 heterocycles. The second-order valence-electron chi connectivity index (χ2n) is 1.45. The summed E-state index contributed by atoms with van der Waals surface area (Å²) in [5.41, 5.74) is 0.613. The maximum atomic E-state index is 11.5. The van der Waals surface area contributed by atoms with Crippen LogP contribution in [0.2, 0.25) is 0 Å². The zero-order valence-corrected chi connectivity index (χ0v) is 5.22. The van der Waals surface area contributed by atoms with Gasteiger partial charge in [0.25, 0.3) is 0 Å². The van der Waals surface area contributed by atoms with Crippen LogP contribution in [-0.2, 0) is 0 Å². The van der Waals surface area contributed by atoms with E-state index in [4.69, 9.17) is 11.6 Å². The van der Waals surface area contributed by atoms with Gasteiger partial charge in [0, 0.05) is 5.03 Å². The summed E-state index contributed by atoms with van der Waals surface area (Å²) in [6.45, 7) is 2.91. The molecule has 0 bridgehead atoms. The Morgan fingerprint density at radius 1 is 1.57 bits per heavy atom. The summed E-state index contributed by atoms with van der Waals surface area (Å²) in [7, 11) is 0. The van der Waals surface area contributed by atoms with E-state index >= 15 is 0 Å². The fourth-order valence-electron chi connectivity index (χ4n) is 0.0921.